The highest BCUT2D eigenvalue weighted by molar-refractivity contribution is 7.17. The Kier molecular flexibility index (Phi) is 3.77. The van der Waals surface area contributed by atoms with Crippen molar-refractivity contribution in [1.82, 2.24) is 9.97 Å². The minimum atomic E-state index is -0.223. The van der Waals surface area contributed by atoms with Crippen LogP contribution in [0.3, 0.4) is 0 Å². The maximum absolute atomic E-state index is 13.1. The van der Waals surface area contributed by atoms with Crippen LogP contribution in [-0.2, 0) is 4.79 Å². The number of aryl methyl sites for hydroxylation is 1. The number of para-hydroxylation sites is 2. The lowest BCUT2D eigenvalue weighted by Crippen LogP contribution is -2.42. The second kappa shape index (κ2) is 6.10. The van der Waals surface area contributed by atoms with Crippen LogP contribution in [0.4, 0.5) is 11.4 Å². The van der Waals surface area contributed by atoms with Crippen molar-refractivity contribution < 1.29 is 9.59 Å². The average Bonchev–Trinajstić information content (AvgIpc) is 3.03. The molecule has 0 spiro atoms. The number of hydrogen-bond donors (Lipinski definition) is 1. The molecule has 0 radical (unpaired) electrons. The molecule has 1 aliphatic heterocycles. The molecule has 6 nitrogen and oxygen atoms in total. The van der Waals surface area contributed by atoms with Crippen molar-refractivity contribution in [3.8, 4) is 10.7 Å². The number of rotatable bonds is 2. The van der Waals surface area contributed by atoms with Crippen LogP contribution in [0.1, 0.15) is 15.4 Å². The number of hydrogen-bond acceptors (Lipinski definition) is 5. The summed E-state index contributed by atoms with van der Waals surface area (Å²) in [5.74, 6) is -0.432. The fourth-order valence-electron chi connectivity index (χ4n) is 2.73. The molecule has 0 aliphatic carbocycles. The van der Waals surface area contributed by atoms with Gasteiger partial charge in [0.2, 0.25) is 5.91 Å². The second-order valence-electron chi connectivity index (χ2n) is 5.61. The summed E-state index contributed by atoms with van der Waals surface area (Å²) in [4.78, 5) is 35.8. The number of thiazole rings is 1. The van der Waals surface area contributed by atoms with Gasteiger partial charge in [0.15, 0.2) is 0 Å². The van der Waals surface area contributed by atoms with Gasteiger partial charge in [0.1, 0.15) is 16.4 Å². The predicted octanol–water partition coefficient (Wildman–Crippen LogP) is 3.11. The first kappa shape index (κ1) is 15.5. The van der Waals surface area contributed by atoms with Gasteiger partial charge in [-0.3, -0.25) is 19.5 Å². The summed E-state index contributed by atoms with van der Waals surface area (Å²) >= 11 is 1.29. The molecule has 0 saturated heterocycles. The third-order valence-corrected chi connectivity index (χ3v) is 5.06. The van der Waals surface area contributed by atoms with Gasteiger partial charge >= 0.3 is 0 Å². The molecule has 1 N–H and O–H groups in total. The number of carbonyl (C=O) groups excluding carboxylic acids is 2. The van der Waals surface area contributed by atoms with Crippen molar-refractivity contribution in [3.05, 3.63) is 59.2 Å². The molecule has 25 heavy (non-hydrogen) atoms. The topological polar surface area (TPSA) is 75.2 Å². The van der Waals surface area contributed by atoms with E-state index in [1.165, 1.54) is 16.2 Å². The zero-order valence-electron chi connectivity index (χ0n) is 13.4. The van der Waals surface area contributed by atoms with E-state index < -0.39 is 0 Å². The van der Waals surface area contributed by atoms with Gasteiger partial charge in [-0.1, -0.05) is 18.2 Å². The van der Waals surface area contributed by atoms with E-state index in [4.69, 9.17) is 0 Å². The normalized spacial score (nSPS) is 13.3. The van der Waals surface area contributed by atoms with Crippen molar-refractivity contribution >= 4 is 34.5 Å². The lowest BCUT2D eigenvalue weighted by molar-refractivity contribution is -0.115. The summed E-state index contributed by atoms with van der Waals surface area (Å²) in [6.07, 6.45) is 1.69. The van der Waals surface area contributed by atoms with Gasteiger partial charge in [0.25, 0.3) is 5.91 Å². The number of benzene rings is 1. The minimum Gasteiger partial charge on any atom is -0.323 e. The molecule has 124 valence electrons. The molecule has 1 aromatic carbocycles. The fourth-order valence-corrected chi connectivity index (χ4v) is 3.72. The van der Waals surface area contributed by atoms with Gasteiger partial charge in [0.05, 0.1) is 22.8 Å². The van der Waals surface area contributed by atoms with Crippen LogP contribution in [0.25, 0.3) is 10.7 Å². The summed E-state index contributed by atoms with van der Waals surface area (Å²) in [7, 11) is 0. The summed E-state index contributed by atoms with van der Waals surface area (Å²) in [6, 6.07) is 12.8. The van der Waals surface area contributed by atoms with E-state index in [2.05, 4.69) is 15.3 Å². The van der Waals surface area contributed by atoms with E-state index in [0.717, 1.165) is 5.69 Å². The Hall–Kier alpha value is -3.06. The predicted molar refractivity (Wildman–Crippen MR) is 96.8 cm³/mol. The smallest absolute Gasteiger partial charge is 0.270 e. The number of amides is 2. The third-order valence-electron chi connectivity index (χ3n) is 3.89. The van der Waals surface area contributed by atoms with Crippen molar-refractivity contribution in [3.63, 3.8) is 0 Å². The highest BCUT2D eigenvalue weighted by Gasteiger charge is 2.30. The van der Waals surface area contributed by atoms with Crippen molar-refractivity contribution in [2.24, 2.45) is 0 Å². The molecule has 3 aromatic rings. The average molecular weight is 350 g/mol. The van der Waals surface area contributed by atoms with Gasteiger partial charge in [0, 0.05) is 6.20 Å². The number of pyridine rings is 1. The molecule has 2 aromatic heterocycles. The lowest BCUT2D eigenvalue weighted by Gasteiger charge is -2.28. The van der Waals surface area contributed by atoms with Crippen LogP contribution in [0.15, 0.2) is 48.7 Å². The summed E-state index contributed by atoms with van der Waals surface area (Å²) in [5.41, 5.74) is 2.70. The third kappa shape index (κ3) is 2.78. The van der Waals surface area contributed by atoms with Gasteiger partial charge in [-0.25, -0.2) is 4.98 Å². The maximum atomic E-state index is 13.1. The Morgan fingerprint density at radius 2 is 2.00 bits per heavy atom. The van der Waals surface area contributed by atoms with Crippen LogP contribution >= 0.6 is 11.3 Å². The van der Waals surface area contributed by atoms with Crippen LogP contribution in [-0.4, -0.2) is 28.3 Å². The van der Waals surface area contributed by atoms with E-state index in [9.17, 15) is 9.59 Å². The Balaban J connectivity index is 1.73. The number of carbonyl (C=O) groups is 2. The molecule has 0 bridgehead atoms. The van der Waals surface area contributed by atoms with Crippen molar-refractivity contribution in [1.29, 1.82) is 0 Å². The molecular formula is C18H14N4O2S. The molecule has 2 amide bonds. The van der Waals surface area contributed by atoms with Crippen LogP contribution < -0.4 is 10.2 Å². The Morgan fingerprint density at radius 1 is 1.20 bits per heavy atom. The molecule has 0 unspecified atom stereocenters. The summed E-state index contributed by atoms with van der Waals surface area (Å²) < 4.78 is 0. The van der Waals surface area contributed by atoms with Crippen molar-refractivity contribution in [2.45, 2.75) is 6.92 Å². The Labute approximate surface area is 148 Å². The van der Waals surface area contributed by atoms with Crippen LogP contribution in [0.5, 0.6) is 0 Å². The van der Waals surface area contributed by atoms with E-state index >= 15 is 0 Å². The van der Waals surface area contributed by atoms with Crippen molar-refractivity contribution in [2.75, 3.05) is 16.8 Å². The lowest BCUT2D eigenvalue weighted by atomic mass is 10.2. The zero-order valence-corrected chi connectivity index (χ0v) is 14.2. The minimum absolute atomic E-state index is 0.00783. The Morgan fingerprint density at radius 3 is 2.80 bits per heavy atom. The van der Waals surface area contributed by atoms with Gasteiger partial charge in [-0.15, -0.1) is 11.3 Å². The van der Waals surface area contributed by atoms with E-state index in [0.29, 0.717) is 27.0 Å². The second-order valence-corrected chi connectivity index (χ2v) is 6.60. The number of anilines is 2. The molecule has 0 fully saturated rings. The molecule has 4 rings (SSSR count). The first-order valence-electron chi connectivity index (χ1n) is 7.73. The standard InChI is InChI=1S/C18H14N4O2S/c1-11-16(25-17(20-11)13-7-4-5-9-19-13)18(24)22-10-15(23)21-12-6-2-3-8-14(12)22/h2-9H,10H2,1H3,(H,21,23). The highest BCUT2D eigenvalue weighted by atomic mass is 32.1. The van der Waals surface area contributed by atoms with E-state index in [1.807, 2.05) is 36.4 Å². The SMILES string of the molecule is Cc1nc(-c2ccccn2)sc1C(=O)N1CC(=O)Nc2ccccc21. The number of nitrogens with one attached hydrogen (secondary N) is 1. The summed E-state index contributed by atoms with van der Waals surface area (Å²) in [6.45, 7) is 1.79. The van der Waals surface area contributed by atoms with Crippen LogP contribution in [0.2, 0.25) is 0 Å². The quantitative estimate of drug-likeness (QED) is 0.770. The number of aromatic nitrogens is 2. The molecule has 3 heterocycles. The number of nitrogens with zero attached hydrogens (tertiary/aromatic N) is 3. The van der Waals surface area contributed by atoms with Gasteiger partial charge < -0.3 is 5.32 Å². The first-order chi connectivity index (χ1) is 12.1. The molecule has 0 saturated carbocycles. The van der Waals surface area contributed by atoms with Gasteiger partial charge in [-0.2, -0.15) is 0 Å². The first-order valence-corrected chi connectivity index (χ1v) is 8.55. The Bertz CT molecular complexity index is 968. The highest BCUT2D eigenvalue weighted by Crippen LogP contribution is 2.33. The molecule has 1 aliphatic rings. The zero-order chi connectivity index (χ0) is 17.4. The number of fused-ring (bicyclic) bond motifs is 1. The van der Waals surface area contributed by atoms with E-state index in [1.54, 1.807) is 19.2 Å². The van der Waals surface area contributed by atoms with Gasteiger partial charge in [-0.05, 0) is 31.2 Å². The molecule has 0 atom stereocenters. The van der Waals surface area contributed by atoms with Crippen LogP contribution in [0, 0.1) is 6.92 Å². The van der Waals surface area contributed by atoms with E-state index in [-0.39, 0.29) is 18.4 Å². The maximum Gasteiger partial charge on any atom is 0.270 e. The molecule has 7 heteroatoms. The molecular weight excluding hydrogens is 336 g/mol. The largest absolute Gasteiger partial charge is 0.323 e. The fraction of sp³-hybridized carbons (Fsp3) is 0.111. The summed E-state index contributed by atoms with van der Waals surface area (Å²) in [5, 5.41) is 3.48. The monoisotopic (exact) mass is 350 g/mol.